The first-order valence-corrected chi connectivity index (χ1v) is 7.48. The lowest BCUT2D eigenvalue weighted by Gasteiger charge is -2.41. The predicted molar refractivity (Wildman–Crippen MR) is 76.3 cm³/mol. The number of hydrogen-bond donors (Lipinski definition) is 0. The Hall–Kier alpha value is -1.68. The molecule has 0 spiro atoms. The molecular weight excluding hydrogens is 380 g/mol. The summed E-state index contributed by atoms with van der Waals surface area (Å²) in [5, 5.41) is -0.980. The van der Waals surface area contributed by atoms with Crippen LogP contribution in [-0.4, -0.2) is 60.4 Å². The minimum Gasteiger partial charge on any atom is -0.467 e. The summed E-state index contributed by atoms with van der Waals surface area (Å²) in [6.45, 7) is 3.39. The van der Waals surface area contributed by atoms with E-state index in [0.717, 1.165) is 27.9 Å². The first kappa shape index (κ1) is 19.4. The van der Waals surface area contributed by atoms with Gasteiger partial charge in [-0.25, -0.2) is 4.79 Å². The van der Waals surface area contributed by atoms with Crippen LogP contribution in [0.3, 0.4) is 0 Å². The molecule has 0 aliphatic carbocycles. The summed E-state index contributed by atoms with van der Waals surface area (Å²) in [6, 6.07) is 0. The average molecular weight is 397 g/mol. The van der Waals surface area contributed by atoms with Crippen molar-refractivity contribution in [3.05, 3.63) is 0 Å². The van der Waals surface area contributed by atoms with Gasteiger partial charge in [0.15, 0.2) is 29.4 Å². The first-order valence-electron chi connectivity index (χ1n) is 6.56. The molecule has 9 nitrogen and oxygen atoms in total. The van der Waals surface area contributed by atoms with E-state index < -0.39 is 53.3 Å². The van der Waals surface area contributed by atoms with Gasteiger partial charge < -0.3 is 23.7 Å². The Labute approximate surface area is 140 Å². The Morgan fingerprint density at radius 2 is 1.26 bits per heavy atom. The van der Waals surface area contributed by atoms with Gasteiger partial charge in [-0.15, -0.1) is 0 Å². The van der Waals surface area contributed by atoms with E-state index in [1.54, 1.807) is 0 Å². The smallest absolute Gasteiger partial charge is 0.339 e. The quantitative estimate of drug-likeness (QED) is 0.369. The molecule has 1 aliphatic heterocycles. The summed E-state index contributed by atoms with van der Waals surface area (Å²) in [4.78, 5) is 45.8. The van der Waals surface area contributed by atoms with Crippen molar-refractivity contribution in [3.8, 4) is 0 Å². The molecule has 1 saturated heterocycles. The fraction of sp³-hybridized carbons (Fsp3) is 0.692. The Bertz CT molecular complexity index is 492. The zero-order valence-corrected chi connectivity index (χ0v) is 14.5. The largest absolute Gasteiger partial charge is 0.467 e. The Balaban J connectivity index is 3.21. The van der Waals surface area contributed by atoms with Crippen LogP contribution in [0.1, 0.15) is 20.8 Å². The standard InChI is InChI=1S/C13H17BrO9/c1-5(15)20-8-9(21-6(2)16)11(13(18)19-4)23-12(14)10(8)22-7(3)17/h8-12H,1-4H3/t8-,9-,10+,11-,12+/m1/s1. The number of hydrogen-bond acceptors (Lipinski definition) is 9. The maximum Gasteiger partial charge on any atom is 0.339 e. The van der Waals surface area contributed by atoms with Crippen LogP contribution in [0.4, 0.5) is 0 Å². The molecule has 0 aromatic carbocycles. The van der Waals surface area contributed by atoms with Crippen molar-refractivity contribution in [2.24, 2.45) is 0 Å². The van der Waals surface area contributed by atoms with Crippen LogP contribution in [0, 0.1) is 0 Å². The number of carbonyl (C=O) groups is 4. The second kappa shape index (κ2) is 8.25. The van der Waals surface area contributed by atoms with Gasteiger partial charge in [-0.3, -0.25) is 14.4 Å². The predicted octanol–water partition coefficient (Wildman–Crippen LogP) is 0.0743. The van der Waals surface area contributed by atoms with Crippen molar-refractivity contribution in [2.45, 2.75) is 50.2 Å². The molecule has 5 atom stereocenters. The third kappa shape index (κ3) is 5.17. The number of methoxy groups -OCH3 is 1. The number of alkyl halides is 1. The van der Waals surface area contributed by atoms with Crippen LogP contribution in [0.5, 0.6) is 0 Å². The molecule has 1 heterocycles. The molecule has 0 bridgehead atoms. The second-order valence-corrected chi connectivity index (χ2v) is 5.56. The Kier molecular flexibility index (Phi) is 6.95. The van der Waals surface area contributed by atoms with E-state index in [4.69, 9.17) is 18.9 Å². The lowest BCUT2D eigenvalue weighted by Crippen LogP contribution is -2.61. The highest BCUT2D eigenvalue weighted by molar-refractivity contribution is 9.09. The molecule has 0 aromatic heterocycles. The van der Waals surface area contributed by atoms with Crippen LogP contribution in [0.15, 0.2) is 0 Å². The maximum atomic E-state index is 11.9. The number of ether oxygens (including phenoxy) is 5. The van der Waals surface area contributed by atoms with E-state index >= 15 is 0 Å². The molecule has 130 valence electrons. The maximum absolute atomic E-state index is 11.9. The molecule has 10 heteroatoms. The van der Waals surface area contributed by atoms with Gasteiger partial charge >= 0.3 is 23.9 Å². The third-order valence-corrected chi connectivity index (χ3v) is 3.56. The van der Waals surface area contributed by atoms with Gasteiger partial charge in [0.25, 0.3) is 0 Å². The third-order valence-electron chi connectivity index (χ3n) is 2.82. The van der Waals surface area contributed by atoms with Gasteiger partial charge in [0.2, 0.25) is 0 Å². The van der Waals surface area contributed by atoms with Crippen LogP contribution in [0.2, 0.25) is 0 Å². The summed E-state index contributed by atoms with van der Waals surface area (Å²) in [5.41, 5.74) is 0. The fourth-order valence-corrected chi connectivity index (χ4v) is 2.71. The molecule has 0 radical (unpaired) electrons. The number of esters is 4. The van der Waals surface area contributed by atoms with E-state index in [2.05, 4.69) is 20.7 Å². The van der Waals surface area contributed by atoms with Crippen LogP contribution < -0.4 is 0 Å². The number of rotatable bonds is 4. The normalized spacial score (nSPS) is 30.0. The average Bonchev–Trinajstić information content (AvgIpc) is 2.43. The van der Waals surface area contributed by atoms with E-state index in [1.807, 2.05) is 0 Å². The highest BCUT2D eigenvalue weighted by atomic mass is 79.9. The summed E-state index contributed by atoms with van der Waals surface area (Å²) in [6.07, 6.45) is -5.06. The number of carbonyl (C=O) groups excluding carboxylic acids is 4. The van der Waals surface area contributed by atoms with E-state index in [0.29, 0.717) is 0 Å². The van der Waals surface area contributed by atoms with Crippen LogP contribution in [0.25, 0.3) is 0 Å². The van der Waals surface area contributed by atoms with Crippen molar-refractivity contribution in [1.29, 1.82) is 0 Å². The zero-order chi connectivity index (χ0) is 17.7. The van der Waals surface area contributed by atoms with Crippen molar-refractivity contribution in [1.82, 2.24) is 0 Å². The van der Waals surface area contributed by atoms with Crippen molar-refractivity contribution in [3.63, 3.8) is 0 Å². The summed E-state index contributed by atoms with van der Waals surface area (Å²) < 4.78 is 25.2. The molecule has 23 heavy (non-hydrogen) atoms. The van der Waals surface area contributed by atoms with Gasteiger partial charge in [-0.1, -0.05) is 15.9 Å². The monoisotopic (exact) mass is 396 g/mol. The molecule has 1 rings (SSSR count). The molecule has 1 aliphatic rings. The van der Waals surface area contributed by atoms with Crippen molar-refractivity contribution in [2.75, 3.05) is 7.11 Å². The summed E-state index contributed by atoms with van der Waals surface area (Å²) >= 11 is 3.11. The fourth-order valence-electron chi connectivity index (χ4n) is 2.07. The lowest BCUT2D eigenvalue weighted by atomic mass is 9.99. The number of halogens is 1. The molecule has 1 fully saturated rings. The molecule has 0 N–H and O–H groups in total. The second-order valence-electron chi connectivity index (χ2n) is 4.65. The molecule has 0 aromatic rings. The van der Waals surface area contributed by atoms with Crippen LogP contribution >= 0.6 is 15.9 Å². The highest BCUT2D eigenvalue weighted by Crippen LogP contribution is 2.31. The molecule has 0 unspecified atom stereocenters. The lowest BCUT2D eigenvalue weighted by molar-refractivity contribution is -0.234. The minimum atomic E-state index is -1.36. The minimum absolute atomic E-state index is 0.668. The first-order chi connectivity index (χ1) is 10.7. The highest BCUT2D eigenvalue weighted by Gasteiger charge is 2.53. The molecular formula is C13H17BrO9. The topological polar surface area (TPSA) is 114 Å². The SMILES string of the molecule is COC(=O)[C@@H]1O[C@H](Br)[C@@H](OC(C)=O)[C@H](OC(C)=O)[C@H]1OC(C)=O. The van der Waals surface area contributed by atoms with Crippen molar-refractivity contribution >= 4 is 39.8 Å². The van der Waals surface area contributed by atoms with E-state index in [1.165, 1.54) is 0 Å². The van der Waals surface area contributed by atoms with Gasteiger partial charge in [0, 0.05) is 20.8 Å². The zero-order valence-electron chi connectivity index (χ0n) is 12.9. The van der Waals surface area contributed by atoms with Gasteiger partial charge in [0.05, 0.1) is 7.11 Å². The van der Waals surface area contributed by atoms with Gasteiger partial charge in [0.1, 0.15) is 0 Å². The molecule has 0 saturated carbocycles. The summed E-state index contributed by atoms with van der Waals surface area (Å²) in [7, 11) is 1.12. The van der Waals surface area contributed by atoms with Crippen LogP contribution in [-0.2, 0) is 42.9 Å². The Morgan fingerprint density at radius 3 is 1.70 bits per heavy atom. The Morgan fingerprint density at radius 1 is 0.826 bits per heavy atom. The molecule has 0 amide bonds. The van der Waals surface area contributed by atoms with Crippen molar-refractivity contribution < 1.29 is 42.9 Å². The van der Waals surface area contributed by atoms with Gasteiger partial charge in [-0.2, -0.15) is 0 Å². The van der Waals surface area contributed by atoms with Gasteiger partial charge in [-0.05, 0) is 0 Å². The summed E-state index contributed by atoms with van der Waals surface area (Å²) in [5.74, 6) is -2.95. The van der Waals surface area contributed by atoms with E-state index in [-0.39, 0.29) is 0 Å². The van der Waals surface area contributed by atoms with E-state index in [9.17, 15) is 19.2 Å².